The van der Waals surface area contributed by atoms with Crippen LogP contribution in [0.25, 0.3) is 0 Å². The van der Waals surface area contributed by atoms with Crippen LogP contribution in [-0.2, 0) is 6.42 Å². The van der Waals surface area contributed by atoms with E-state index in [9.17, 15) is 8.78 Å². The number of unbranched alkanes of at least 4 members (excludes halogenated alkanes) is 2. The van der Waals surface area contributed by atoms with E-state index in [1.54, 1.807) is 0 Å². The van der Waals surface area contributed by atoms with Crippen LogP contribution < -0.4 is 0 Å². The first-order valence-electron chi connectivity index (χ1n) is 5.85. The molecule has 1 rings (SSSR count). The standard InChI is InChI=1S/C14H19F2/c1-2-14(15,16)12-8-4-7-11-13-9-5-3-6-10-13/h3,5-6,9-10H,1-2,4,7-8,11-12H2. The van der Waals surface area contributed by atoms with E-state index in [1.165, 1.54) is 5.56 Å². The Hall–Kier alpha value is -0.920. The molecule has 0 atom stereocenters. The van der Waals surface area contributed by atoms with Crippen LogP contribution in [-0.4, -0.2) is 5.92 Å². The summed E-state index contributed by atoms with van der Waals surface area (Å²) in [4.78, 5) is 0. The molecule has 0 spiro atoms. The molecule has 0 aliphatic rings. The molecular weight excluding hydrogens is 206 g/mol. The number of alkyl halides is 2. The van der Waals surface area contributed by atoms with Crippen molar-refractivity contribution < 1.29 is 8.78 Å². The maximum Gasteiger partial charge on any atom is 0.248 e. The Kier molecular flexibility index (Phi) is 5.44. The van der Waals surface area contributed by atoms with Crippen LogP contribution in [0.1, 0.15) is 37.7 Å². The predicted molar refractivity (Wildman–Crippen MR) is 63.5 cm³/mol. The molecule has 1 radical (unpaired) electrons. The number of benzene rings is 1. The maximum atomic E-state index is 12.8. The molecule has 2 heteroatoms. The van der Waals surface area contributed by atoms with Crippen LogP contribution in [0.4, 0.5) is 8.78 Å². The molecule has 0 N–H and O–H groups in total. The first-order valence-corrected chi connectivity index (χ1v) is 5.85. The molecule has 0 fully saturated rings. The molecule has 0 saturated carbocycles. The van der Waals surface area contributed by atoms with Gasteiger partial charge in [0.05, 0.1) is 0 Å². The van der Waals surface area contributed by atoms with E-state index < -0.39 is 5.92 Å². The topological polar surface area (TPSA) is 0 Å². The van der Waals surface area contributed by atoms with Gasteiger partial charge in [0.1, 0.15) is 0 Å². The minimum atomic E-state index is -2.56. The molecule has 0 aliphatic carbocycles. The third kappa shape index (κ3) is 5.24. The van der Waals surface area contributed by atoms with E-state index in [2.05, 4.69) is 19.1 Å². The summed E-state index contributed by atoms with van der Waals surface area (Å²) >= 11 is 0. The van der Waals surface area contributed by atoms with Crippen LogP contribution in [0.5, 0.6) is 0 Å². The second-order valence-corrected chi connectivity index (χ2v) is 4.15. The zero-order valence-electron chi connectivity index (χ0n) is 9.59. The van der Waals surface area contributed by atoms with Gasteiger partial charge < -0.3 is 0 Å². The SMILES string of the molecule is [CH2]CC(F)(F)CCCCCc1ccccc1. The highest BCUT2D eigenvalue weighted by molar-refractivity contribution is 5.14. The van der Waals surface area contributed by atoms with Crippen LogP contribution in [0.15, 0.2) is 30.3 Å². The van der Waals surface area contributed by atoms with E-state index in [0.717, 1.165) is 19.3 Å². The third-order valence-electron chi connectivity index (χ3n) is 2.72. The molecule has 0 saturated heterocycles. The lowest BCUT2D eigenvalue weighted by Crippen LogP contribution is -2.13. The lowest BCUT2D eigenvalue weighted by atomic mass is 10.0. The minimum Gasteiger partial charge on any atom is -0.207 e. The largest absolute Gasteiger partial charge is 0.248 e. The minimum absolute atomic E-state index is 0.0225. The van der Waals surface area contributed by atoms with Crippen molar-refractivity contribution in [2.24, 2.45) is 0 Å². The molecule has 0 nitrogen and oxygen atoms in total. The highest BCUT2D eigenvalue weighted by Gasteiger charge is 2.24. The average Bonchev–Trinajstić information content (AvgIpc) is 2.30. The lowest BCUT2D eigenvalue weighted by molar-refractivity contribution is -0.00748. The van der Waals surface area contributed by atoms with Gasteiger partial charge in [0.2, 0.25) is 5.92 Å². The van der Waals surface area contributed by atoms with Gasteiger partial charge in [-0.2, -0.15) is 0 Å². The van der Waals surface area contributed by atoms with Gasteiger partial charge in [-0.3, -0.25) is 0 Å². The van der Waals surface area contributed by atoms with Crippen molar-refractivity contribution in [1.29, 1.82) is 0 Å². The Morgan fingerprint density at radius 3 is 2.31 bits per heavy atom. The van der Waals surface area contributed by atoms with Gasteiger partial charge in [-0.25, -0.2) is 8.78 Å². The van der Waals surface area contributed by atoms with E-state index in [4.69, 9.17) is 0 Å². The fourth-order valence-corrected chi connectivity index (χ4v) is 1.66. The Morgan fingerprint density at radius 2 is 1.69 bits per heavy atom. The monoisotopic (exact) mass is 225 g/mol. The van der Waals surface area contributed by atoms with Gasteiger partial charge in [-0.15, -0.1) is 0 Å². The lowest BCUT2D eigenvalue weighted by Gasteiger charge is -2.12. The maximum absolute atomic E-state index is 12.8. The van der Waals surface area contributed by atoms with Crippen molar-refractivity contribution >= 4 is 0 Å². The summed E-state index contributed by atoms with van der Waals surface area (Å²) < 4.78 is 25.7. The molecule has 1 aromatic rings. The molecule has 0 amide bonds. The van der Waals surface area contributed by atoms with Gasteiger partial charge in [-0.1, -0.05) is 36.8 Å². The van der Waals surface area contributed by atoms with Crippen LogP contribution in [0, 0.1) is 6.92 Å². The smallest absolute Gasteiger partial charge is 0.207 e. The fraction of sp³-hybridized carbons (Fsp3) is 0.500. The van der Waals surface area contributed by atoms with Crippen molar-refractivity contribution in [1.82, 2.24) is 0 Å². The van der Waals surface area contributed by atoms with Crippen LogP contribution in [0.2, 0.25) is 0 Å². The highest BCUT2D eigenvalue weighted by atomic mass is 19.3. The van der Waals surface area contributed by atoms with Crippen molar-refractivity contribution in [2.75, 3.05) is 0 Å². The Morgan fingerprint density at radius 1 is 1.00 bits per heavy atom. The summed E-state index contributed by atoms with van der Waals surface area (Å²) in [6, 6.07) is 10.1. The second kappa shape index (κ2) is 6.62. The Bertz CT molecular complexity index is 280. The normalized spacial score (nSPS) is 11.7. The van der Waals surface area contributed by atoms with Gasteiger partial charge in [0, 0.05) is 12.8 Å². The summed E-state index contributed by atoms with van der Waals surface area (Å²) in [6.07, 6.45) is 3.12. The van der Waals surface area contributed by atoms with E-state index in [-0.39, 0.29) is 12.8 Å². The predicted octanol–water partition coefficient (Wildman–Crippen LogP) is 4.65. The molecule has 0 bridgehead atoms. The van der Waals surface area contributed by atoms with Gasteiger partial charge in [0.25, 0.3) is 0 Å². The van der Waals surface area contributed by atoms with Crippen molar-refractivity contribution in [3.63, 3.8) is 0 Å². The van der Waals surface area contributed by atoms with E-state index in [1.807, 2.05) is 18.2 Å². The number of aryl methyl sites for hydroxylation is 1. The first kappa shape index (κ1) is 13.1. The zero-order chi connectivity index (χ0) is 11.9. The van der Waals surface area contributed by atoms with E-state index >= 15 is 0 Å². The number of rotatable bonds is 7. The summed E-state index contributed by atoms with van der Waals surface area (Å²) in [5, 5.41) is 0. The van der Waals surface area contributed by atoms with Crippen LogP contribution in [0.3, 0.4) is 0 Å². The van der Waals surface area contributed by atoms with Gasteiger partial charge in [0.15, 0.2) is 0 Å². The van der Waals surface area contributed by atoms with Gasteiger partial charge >= 0.3 is 0 Å². The quantitative estimate of drug-likeness (QED) is 0.592. The molecular formula is C14H19F2. The molecule has 16 heavy (non-hydrogen) atoms. The molecule has 89 valence electrons. The zero-order valence-corrected chi connectivity index (χ0v) is 9.59. The van der Waals surface area contributed by atoms with Crippen molar-refractivity contribution in [3.05, 3.63) is 42.8 Å². The molecule has 0 aliphatic heterocycles. The summed E-state index contributed by atoms with van der Waals surface area (Å²) in [7, 11) is 0. The van der Waals surface area contributed by atoms with Crippen molar-refractivity contribution in [3.8, 4) is 0 Å². The van der Waals surface area contributed by atoms with Crippen LogP contribution >= 0.6 is 0 Å². The number of hydrogen-bond donors (Lipinski definition) is 0. The first-order chi connectivity index (χ1) is 7.64. The summed E-state index contributed by atoms with van der Waals surface area (Å²) in [6.45, 7) is 3.25. The third-order valence-corrected chi connectivity index (χ3v) is 2.72. The molecule has 0 unspecified atom stereocenters. The fourth-order valence-electron chi connectivity index (χ4n) is 1.66. The average molecular weight is 225 g/mol. The van der Waals surface area contributed by atoms with Gasteiger partial charge in [-0.05, 0) is 31.7 Å². The second-order valence-electron chi connectivity index (χ2n) is 4.15. The summed E-state index contributed by atoms with van der Waals surface area (Å²) in [5.41, 5.74) is 1.28. The molecule has 0 aromatic heterocycles. The summed E-state index contributed by atoms with van der Waals surface area (Å²) in [5.74, 6) is -2.56. The van der Waals surface area contributed by atoms with E-state index in [0.29, 0.717) is 6.42 Å². The van der Waals surface area contributed by atoms with Crippen molar-refractivity contribution in [2.45, 2.75) is 44.4 Å². The number of hydrogen-bond acceptors (Lipinski definition) is 0. The highest BCUT2D eigenvalue weighted by Crippen LogP contribution is 2.25. The molecule has 1 aromatic carbocycles. The number of halogens is 2. The molecule has 0 heterocycles. The Labute approximate surface area is 96.7 Å². The Balaban J connectivity index is 2.09.